The number of thioether (sulfide) groups is 1. The maximum Gasteiger partial charge on any atom is 0.136 e. The highest BCUT2D eigenvalue weighted by atomic mass is 32.2. The summed E-state index contributed by atoms with van der Waals surface area (Å²) >= 11 is 1.45. The second-order valence-corrected chi connectivity index (χ2v) is 4.44. The zero-order valence-corrected chi connectivity index (χ0v) is 10.1. The molecule has 0 aliphatic carbocycles. The smallest absolute Gasteiger partial charge is 0.136 e. The van der Waals surface area contributed by atoms with E-state index in [9.17, 15) is 4.39 Å². The first-order valence-electron chi connectivity index (χ1n) is 5.28. The molecule has 1 unspecified atom stereocenters. The van der Waals surface area contributed by atoms with E-state index >= 15 is 0 Å². The van der Waals surface area contributed by atoms with Gasteiger partial charge in [0.2, 0.25) is 0 Å². The molecule has 0 spiro atoms. The van der Waals surface area contributed by atoms with Crippen molar-refractivity contribution in [2.45, 2.75) is 24.3 Å². The number of benzene rings is 1. The van der Waals surface area contributed by atoms with Crippen LogP contribution in [0.3, 0.4) is 0 Å². The molecule has 0 aromatic heterocycles. The largest absolute Gasteiger partial charge is 0.302 e. The van der Waals surface area contributed by atoms with Gasteiger partial charge in [-0.3, -0.25) is 0 Å². The van der Waals surface area contributed by atoms with Crippen molar-refractivity contribution in [2.24, 2.45) is 0 Å². The van der Waals surface area contributed by atoms with Gasteiger partial charge in [-0.1, -0.05) is 19.1 Å². The minimum absolute atomic E-state index is 0.135. The van der Waals surface area contributed by atoms with Gasteiger partial charge in [0.1, 0.15) is 5.82 Å². The topological polar surface area (TPSA) is 35.8 Å². The van der Waals surface area contributed by atoms with Crippen molar-refractivity contribution < 1.29 is 4.39 Å². The van der Waals surface area contributed by atoms with E-state index in [0.717, 1.165) is 18.7 Å². The summed E-state index contributed by atoms with van der Waals surface area (Å²) in [6.07, 6.45) is 0.726. The summed E-state index contributed by atoms with van der Waals surface area (Å²) in [6, 6.07) is 8.76. The van der Waals surface area contributed by atoms with E-state index in [1.807, 2.05) is 13.0 Å². The molecule has 16 heavy (non-hydrogen) atoms. The monoisotopic (exact) mass is 238 g/mol. The van der Waals surface area contributed by atoms with E-state index in [1.54, 1.807) is 12.1 Å². The molecule has 0 bridgehead atoms. The maximum absolute atomic E-state index is 13.2. The normalized spacial score (nSPS) is 12.1. The Bertz CT molecular complexity index is 362. The number of nitriles is 1. The fourth-order valence-corrected chi connectivity index (χ4v) is 2.26. The van der Waals surface area contributed by atoms with Gasteiger partial charge in [0, 0.05) is 10.6 Å². The van der Waals surface area contributed by atoms with Crippen LogP contribution < -0.4 is 5.32 Å². The molecule has 0 amide bonds. The van der Waals surface area contributed by atoms with E-state index < -0.39 is 0 Å². The summed E-state index contributed by atoms with van der Waals surface area (Å²) in [4.78, 5) is 0.649. The maximum atomic E-state index is 13.2. The number of hydrogen-bond acceptors (Lipinski definition) is 3. The van der Waals surface area contributed by atoms with Gasteiger partial charge >= 0.3 is 0 Å². The van der Waals surface area contributed by atoms with E-state index in [-0.39, 0.29) is 11.9 Å². The quantitative estimate of drug-likeness (QED) is 0.774. The Kier molecular flexibility index (Phi) is 5.91. The molecular weight excluding hydrogens is 223 g/mol. The Labute approximate surface area is 99.9 Å². The van der Waals surface area contributed by atoms with Gasteiger partial charge in [0.25, 0.3) is 0 Å². The number of halogens is 1. The second-order valence-electron chi connectivity index (χ2n) is 3.31. The summed E-state index contributed by atoms with van der Waals surface area (Å²) in [6.45, 7) is 2.75. The highest BCUT2D eigenvalue weighted by Crippen LogP contribution is 2.22. The lowest BCUT2D eigenvalue weighted by atomic mass is 10.2. The van der Waals surface area contributed by atoms with Crippen LogP contribution in [0.4, 0.5) is 4.39 Å². The molecule has 86 valence electrons. The van der Waals surface area contributed by atoms with Gasteiger partial charge in [-0.15, -0.1) is 11.8 Å². The Morgan fingerprint density at radius 2 is 2.25 bits per heavy atom. The lowest BCUT2D eigenvalue weighted by molar-refractivity contribution is 0.599. The number of hydrogen-bond donors (Lipinski definition) is 1. The molecule has 0 radical (unpaired) electrons. The number of rotatable bonds is 6. The van der Waals surface area contributed by atoms with Crippen molar-refractivity contribution in [2.75, 3.05) is 12.3 Å². The summed E-state index contributed by atoms with van der Waals surface area (Å²) in [7, 11) is 0. The molecule has 1 aromatic carbocycles. The highest BCUT2D eigenvalue weighted by Gasteiger charge is 2.06. The van der Waals surface area contributed by atoms with Crippen LogP contribution in [0.25, 0.3) is 0 Å². The molecule has 0 fully saturated rings. The second kappa shape index (κ2) is 7.26. The first-order valence-corrected chi connectivity index (χ1v) is 6.26. The van der Waals surface area contributed by atoms with Crippen molar-refractivity contribution in [1.82, 2.24) is 5.32 Å². The minimum Gasteiger partial charge on any atom is -0.302 e. The molecule has 0 saturated heterocycles. The third-order valence-electron chi connectivity index (χ3n) is 2.11. The first-order chi connectivity index (χ1) is 7.77. The molecule has 0 saturated carbocycles. The summed E-state index contributed by atoms with van der Waals surface area (Å²) < 4.78 is 13.2. The molecule has 0 aliphatic rings. The van der Waals surface area contributed by atoms with Crippen LogP contribution in [0.5, 0.6) is 0 Å². The van der Waals surface area contributed by atoms with Gasteiger partial charge in [-0.25, -0.2) is 4.39 Å². The van der Waals surface area contributed by atoms with Gasteiger partial charge in [-0.2, -0.15) is 5.26 Å². The first kappa shape index (κ1) is 13.0. The standard InChI is InChI=1S/C12H15FN2S/c1-2-15-10(9-14)7-8-16-12-6-4-3-5-11(12)13/h3-6,10,15H,2,7-8H2,1H3. The van der Waals surface area contributed by atoms with Crippen molar-refractivity contribution in [3.05, 3.63) is 30.1 Å². The minimum atomic E-state index is -0.190. The number of nitrogens with zero attached hydrogens (tertiary/aromatic N) is 1. The number of nitrogens with one attached hydrogen (secondary N) is 1. The van der Waals surface area contributed by atoms with Crippen LogP contribution in [-0.4, -0.2) is 18.3 Å². The van der Waals surface area contributed by atoms with Crippen LogP contribution >= 0.6 is 11.8 Å². The molecule has 4 heteroatoms. The molecule has 1 rings (SSSR count). The van der Waals surface area contributed by atoms with E-state index in [4.69, 9.17) is 5.26 Å². The molecule has 1 atom stereocenters. The summed E-state index contributed by atoms with van der Waals surface area (Å²) in [5.74, 6) is 0.552. The molecule has 1 N–H and O–H groups in total. The third kappa shape index (κ3) is 4.21. The summed E-state index contributed by atoms with van der Waals surface area (Å²) in [5, 5.41) is 11.9. The zero-order valence-electron chi connectivity index (χ0n) is 9.24. The van der Waals surface area contributed by atoms with Crippen molar-refractivity contribution in [3.8, 4) is 6.07 Å². The molecule has 1 aromatic rings. The lowest BCUT2D eigenvalue weighted by Crippen LogP contribution is -2.27. The van der Waals surface area contributed by atoms with Gasteiger partial charge in [-0.05, 0) is 25.1 Å². The third-order valence-corrected chi connectivity index (χ3v) is 3.19. The molecular formula is C12H15FN2S. The van der Waals surface area contributed by atoms with Gasteiger partial charge in [0.15, 0.2) is 0 Å². The van der Waals surface area contributed by atoms with E-state index in [0.29, 0.717) is 4.90 Å². The predicted molar refractivity (Wildman–Crippen MR) is 64.8 cm³/mol. The lowest BCUT2D eigenvalue weighted by Gasteiger charge is -2.09. The van der Waals surface area contributed by atoms with Crippen LogP contribution in [0.2, 0.25) is 0 Å². The van der Waals surface area contributed by atoms with Gasteiger partial charge in [0.05, 0.1) is 12.1 Å². The summed E-state index contributed by atoms with van der Waals surface area (Å²) in [5.41, 5.74) is 0. The van der Waals surface area contributed by atoms with Crippen LogP contribution in [0.15, 0.2) is 29.2 Å². The van der Waals surface area contributed by atoms with Crippen molar-refractivity contribution >= 4 is 11.8 Å². The Balaban J connectivity index is 2.36. The fraction of sp³-hybridized carbons (Fsp3) is 0.417. The van der Waals surface area contributed by atoms with E-state index in [2.05, 4.69) is 11.4 Å². The Morgan fingerprint density at radius 3 is 2.88 bits per heavy atom. The molecule has 0 heterocycles. The van der Waals surface area contributed by atoms with Crippen molar-refractivity contribution in [3.63, 3.8) is 0 Å². The van der Waals surface area contributed by atoms with Gasteiger partial charge < -0.3 is 5.32 Å². The fourth-order valence-electron chi connectivity index (χ4n) is 1.31. The SMILES string of the molecule is CCNC(C#N)CCSc1ccccc1F. The van der Waals surface area contributed by atoms with Crippen molar-refractivity contribution in [1.29, 1.82) is 5.26 Å². The van der Waals surface area contributed by atoms with Crippen LogP contribution in [0, 0.1) is 17.1 Å². The highest BCUT2D eigenvalue weighted by molar-refractivity contribution is 7.99. The molecule has 2 nitrogen and oxygen atoms in total. The van der Waals surface area contributed by atoms with E-state index in [1.165, 1.54) is 17.8 Å². The van der Waals surface area contributed by atoms with Crippen LogP contribution in [-0.2, 0) is 0 Å². The average Bonchev–Trinajstić information content (AvgIpc) is 2.30. The molecule has 0 aliphatic heterocycles. The average molecular weight is 238 g/mol. The zero-order chi connectivity index (χ0) is 11.8. The Hall–Kier alpha value is -1.05. The van der Waals surface area contributed by atoms with Crippen LogP contribution in [0.1, 0.15) is 13.3 Å². The Morgan fingerprint density at radius 1 is 1.50 bits per heavy atom. The predicted octanol–water partition coefficient (Wildman–Crippen LogP) is 2.81.